The Kier molecular flexibility index (Phi) is 7.13. The lowest BCUT2D eigenvalue weighted by Gasteiger charge is -2.29. The predicted molar refractivity (Wildman–Crippen MR) is 153 cm³/mol. The van der Waals surface area contributed by atoms with E-state index >= 15 is 0 Å². The largest absolute Gasteiger partial charge is 0.480 e. The number of carboxylic acids is 1. The molecular formula is C30H23F3N4O6S. The van der Waals surface area contributed by atoms with Crippen molar-refractivity contribution in [2.24, 2.45) is 5.92 Å². The number of hydrogen-bond acceptors (Lipinski definition) is 9. The molecule has 2 saturated heterocycles. The summed E-state index contributed by atoms with van der Waals surface area (Å²) in [7, 11) is -3.35. The van der Waals surface area contributed by atoms with Crippen LogP contribution in [-0.2, 0) is 20.8 Å². The number of benzene rings is 1. The topological polar surface area (TPSA) is 136 Å². The molecule has 14 heteroatoms. The molecule has 3 aromatic heterocycles. The number of fused-ring (bicyclic) bond motifs is 3. The highest BCUT2D eigenvalue weighted by atomic mass is 32.2. The molecule has 1 aromatic carbocycles. The fourth-order valence-corrected chi connectivity index (χ4v) is 7.49. The molecule has 44 heavy (non-hydrogen) atoms. The van der Waals surface area contributed by atoms with Gasteiger partial charge in [-0.2, -0.15) is 13.2 Å². The van der Waals surface area contributed by atoms with Crippen LogP contribution in [0.15, 0.2) is 40.9 Å². The van der Waals surface area contributed by atoms with Gasteiger partial charge in [-0.1, -0.05) is 18.1 Å². The summed E-state index contributed by atoms with van der Waals surface area (Å²) in [6, 6.07) is 6.68. The molecule has 2 aliphatic heterocycles. The summed E-state index contributed by atoms with van der Waals surface area (Å²) >= 11 is 0. The van der Waals surface area contributed by atoms with Crippen LogP contribution in [0.2, 0.25) is 0 Å². The highest BCUT2D eigenvalue weighted by Crippen LogP contribution is 2.41. The van der Waals surface area contributed by atoms with Gasteiger partial charge in [-0.3, -0.25) is 0 Å². The van der Waals surface area contributed by atoms with E-state index in [2.05, 4.69) is 26.8 Å². The van der Waals surface area contributed by atoms with Crippen molar-refractivity contribution in [3.63, 3.8) is 0 Å². The zero-order valence-corrected chi connectivity index (χ0v) is 23.6. The first-order chi connectivity index (χ1) is 20.9. The molecule has 10 nitrogen and oxygen atoms in total. The van der Waals surface area contributed by atoms with Crippen LogP contribution in [0, 0.1) is 30.6 Å². The number of terminal acetylenes is 2. The van der Waals surface area contributed by atoms with Gasteiger partial charge in [0.1, 0.15) is 23.2 Å². The minimum absolute atomic E-state index is 0.0806. The number of ether oxygens (including phenoxy) is 1. The van der Waals surface area contributed by atoms with E-state index in [4.69, 9.17) is 22.0 Å². The maximum absolute atomic E-state index is 13.9. The molecule has 5 heterocycles. The Labute approximate surface area is 249 Å². The number of sulfone groups is 1. The highest BCUT2D eigenvalue weighted by molar-refractivity contribution is 7.91. The number of aliphatic carboxylic acids is 1. The number of anilines is 1. The van der Waals surface area contributed by atoms with Gasteiger partial charge in [0.2, 0.25) is 11.7 Å². The van der Waals surface area contributed by atoms with Gasteiger partial charge in [0.25, 0.3) is 0 Å². The number of halogens is 3. The van der Waals surface area contributed by atoms with Crippen LogP contribution in [-0.4, -0.2) is 64.6 Å². The first-order valence-electron chi connectivity index (χ1n) is 13.4. The number of alkyl halides is 3. The first-order valence-corrected chi connectivity index (χ1v) is 15.3. The van der Waals surface area contributed by atoms with E-state index in [0.717, 1.165) is 0 Å². The monoisotopic (exact) mass is 624 g/mol. The molecule has 2 fully saturated rings. The number of carboxylic acid groups (broad SMARTS) is 1. The lowest BCUT2D eigenvalue weighted by atomic mass is 9.85. The molecule has 1 N–H and O–H groups in total. The molecule has 4 aromatic rings. The minimum atomic E-state index is -4.92. The molecule has 6 rings (SSSR count). The number of furan rings is 1. The van der Waals surface area contributed by atoms with Gasteiger partial charge in [0.15, 0.2) is 21.2 Å². The van der Waals surface area contributed by atoms with Gasteiger partial charge in [-0.05, 0) is 24.6 Å². The van der Waals surface area contributed by atoms with E-state index in [1.165, 1.54) is 11.1 Å². The molecule has 0 spiro atoms. The van der Waals surface area contributed by atoms with Crippen molar-refractivity contribution in [1.82, 2.24) is 15.0 Å². The summed E-state index contributed by atoms with van der Waals surface area (Å²) in [5.41, 5.74) is 0.943. The van der Waals surface area contributed by atoms with Crippen LogP contribution < -0.4 is 9.64 Å². The molecule has 0 bridgehead atoms. The average Bonchev–Trinajstić information content (AvgIpc) is 3.58. The zero-order valence-electron chi connectivity index (χ0n) is 22.8. The smallest absolute Gasteiger partial charge is 0.451 e. The molecule has 0 radical (unpaired) electrons. The van der Waals surface area contributed by atoms with Crippen LogP contribution >= 0.6 is 0 Å². The third-order valence-corrected chi connectivity index (χ3v) is 9.60. The third-order valence-electron chi connectivity index (χ3n) is 7.87. The number of hydrogen-bond donors (Lipinski definition) is 1. The molecule has 0 amide bonds. The first kappa shape index (κ1) is 29.3. The van der Waals surface area contributed by atoms with E-state index in [1.807, 2.05) is 0 Å². The molecule has 226 valence electrons. The van der Waals surface area contributed by atoms with Crippen molar-refractivity contribution in [2.75, 3.05) is 23.0 Å². The van der Waals surface area contributed by atoms with Crippen LogP contribution in [0.3, 0.4) is 0 Å². The summed E-state index contributed by atoms with van der Waals surface area (Å²) < 4.78 is 78.3. The summed E-state index contributed by atoms with van der Waals surface area (Å²) in [6.07, 6.45) is 6.92. The second kappa shape index (κ2) is 10.7. The van der Waals surface area contributed by atoms with Gasteiger partial charge in [0, 0.05) is 41.0 Å². The van der Waals surface area contributed by atoms with Gasteiger partial charge < -0.3 is 19.2 Å². The van der Waals surface area contributed by atoms with Gasteiger partial charge in [-0.25, -0.2) is 28.2 Å². The Balaban J connectivity index is 1.40. The summed E-state index contributed by atoms with van der Waals surface area (Å²) in [6.45, 7) is -0.187. The number of para-hydroxylation sites is 1. The number of carbonyl (C=O) groups is 1. The number of rotatable bonds is 5. The Morgan fingerprint density at radius 2 is 1.98 bits per heavy atom. The van der Waals surface area contributed by atoms with E-state index in [0.29, 0.717) is 16.5 Å². The second-order valence-electron chi connectivity index (χ2n) is 10.7. The van der Waals surface area contributed by atoms with Crippen molar-refractivity contribution < 1.29 is 40.6 Å². The average molecular weight is 625 g/mol. The third kappa shape index (κ3) is 5.26. The van der Waals surface area contributed by atoms with Crippen molar-refractivity contribution in [3.8, 4) is 30.6 Å². The number of nitrogens with zero attached hydrogens (tertiary/aromatic N) is 4. The molecule has 2 aliphatic rings. The molecule has 1 unspecified atom stereocenters. The lowest BCUT2D eigenvalue weighted by Crippen LogP contribution is -2.37. The standard InChI is InChI=1S/C30H23F3N4O6S/c1-3-16-11-21(19-9-10-44(40,41)15-17(19)4-2)27(34-13-16)42-18-12-22(28(38)39)37(14-18)26-25-24(35-29(36-26)30(31,32)33)20-7-5-6-8-23(20)43-25/h1-2,5-8,11,13,17-19,22H,9-10,12,14-15H2,(H,38,39)/t17-,18+,19?,22+/m1/s1. The maximum atomic E-state index is 13.9. The van der Waals surface area contributed by atoms with Crippen LogP contribution in [0.5, 0.6) is 5.88 Å². The molecule has 0 saturated carbocycles. The summed E-state index contributed by atoms with van der Waals surface area (Å²) in [5.74, 6) is 0.551. The lowest BCUT2D eigenvalue weighted by molar-refractivity contribution is -0.144. The van der Waals surface area contributed by atoms with Gasteiger partial charge in [0.05, 0.1) is 18.1 Å². The number of aromatic nitrogens is 3. The van der Waals surface area contributed by atoms with Crippen LogP contribution in [0.4, 0.5) is 19.0 Å². The highest BCUT2D eigenvalue weighted by Gasteiger charge is 2.44. The van der Waals surface area contributed by atoms with Crippen LogP contribution in [0.1, 0.15) is 35.7 Å². The minimum Gasteiger partial charge on any atom is -0.480 e. The van der Waals surface area contributed by atoms with Crippen molar-refractivity contribution in [1.29, 1.82) is 0 Å². The van der Waals surface area contributed by atoms with E-state index < -0.39 is 51.8 Å². The zero-order chi connectivity index (χ0) is 31.4. The summed E-state index contributed by atoms with van der Waals surface area (Å²) in [4.78, 5) is 25.4. The molecular weight excluding hydrogens is 601 g/mol. The second-order valence-corrected chi connectivity index (χ2v) is 12.9. The Morgan fingerprint density at radius 1 is 1.20 bits per heavy atom. The quantitative estimate of drug-likeness (QED) is 0.324. The predicted octanol–water partition coefficient (Wildman–Crippen LogP) is 4.03. The Morgan fingerprint density at radius 3 is 2.68 bits per heavy atom. The fourth-order valence-electron chi connectivity index (χ4n) is 5.84. The van der Waals surface area contributed by atoms with Crippen molar-refractivity contribution in [3.05, 3.63) is 53.5 Å². The Bertz CT molecular complexity index is 2000. The van der Waals surface area contributed by atoms with Gasteiger partial charge in [-0.15, -0.1) is 18.8 Å². The van der Waals surface area contributed by atoms with Crippen molar-refractivity contribution >= 4 is 43.7 Å². The molecule has 0 aliphatic carbocycles. The number of pyridine rings is 1. The molecule has 4 atom stereocenters. The SMILES string of the molecule is C#Cc1cnc(O[C@H]2C[C@@H](C(=O)O)N(c3nc(C(F)(F)F)nc4c3oc3ccccc34)C2)c(C2CCS(=O)(=O)C[C@H]2C#C)c1. The van der Waals surface area contributed by atoms with Crippen LogP contribution in [0.25, 0.3) is 22.1 Å². The van der Waals surface area contributed by atoms with E-state index in [9.17, 15) is 31.5 Å². The van der Waals surface area contributed by atoms with Gasteiger partial charge >= 0.3 is 12.1 Å². The van der Waals surface area contributed by atoms with E-state index in [1.54, 1.807) is 30.3 Å². The van der Waals surface area contributed by atoms with E-state index in [-0.39, 0.29) is 59.3 Å². The fraction of sp³-hybridized carbons (Fsp3) is 0.333. The van der Waals surface area contributed by atoms with Crippen molar-refractivity contribution in [2.45, 2.75) is 37.1 Å². The summed E-state index contributed by atoms with van der Waals surface area (Å²) in [5, 5.41) is 10.4. The maximum Gasteiger partial charge on any atom is 0.451 e. The Hall–Kier alpha value is -4.82. The normalized spacial score (nSPS) is 23.3.